The first kappa shape index (κ1) is 21.1. The standard InChI is InChI=1S/C16H24ClN3O3.HI/c1-3-18-16(20-6-7-21-2)19-5-4-12-10-13(17)15-14(11-12)22-8-9-23-15;/h10-11H,3-9H2,1-2H3,(H2,18,19,20);1H. The van der Waals surface area contributed by atoms with Crippen LogP contribution in [0.5, 0.6) is 11.5 Å². The van der Waals surface area contributed by atoms with Crippen LogP contribution in [0, 0.1) is 0 Å². The number of nitrogens with zero attached hydrogens (tertiary/aromatic N) is 1. The largest absolute Gasteiger partial charge is 0.486 e. The molecule has 1 aromatic carbocycles. The van der Waals surface area contributed by atoms with Crippen molar-refractivity contribution in [3.63, 3.8) is 0 Å². The molecule has 0 amide bonds. The van der Waals surface area contributed by atoms with Gasteiger partial charge in [-0.2, -0.15) is 0 Å². The van der Waals surface area contributed by atoms with Gasteiger partial charge < -0.3 is 24.8 Å². The fourth-order valence-corrected chi connectivity index (χ4v) is 2.51. The number of hydrogen-bond acceptors (Lipinski definition) is 4. The van der Waals surface area contributed by atoms with Crippen molar-refractivity contribution in [2.24, 2.45) is 4.99 Å². The monoisotopic (exact) mass is 469 g/mol. The molecule has 0 fully saturated rings. The van der Waals surface area contributed by atoms with Crippen LogP contribution in [0.3, 0.4) is 0 Å². The maximum absolute atomic E-state index is 6.25. The summed E-state index contributed by atoms with van der Waals surface area (Å²) < 4.78 is 16.1. The highest BCUT2D eigenvalue weighted by Gasteiger charge is 2.16. The van der Waals surface area contributed by atoms with E-state index in [1.54, 1.807) is 7.11 Å². The SMILES string of the molecule is CCNC(=NCCOC)NCCc1cc(Cl)c2c(c1)OCCO2.I. The highest BCUT2D eigenvalue weighted by Crippen LogP contribution is 2.38. The lowest BCUT2D eigenvalue weighted by Crippen LogP contribution is -2.38. The number of rotatable bonds is 7. The minimum atomic E-state index is 0. The number of fused-ring (bicyclic) bond motifs is 1. The zero-order valence-electron chi connectivity index (χ0n) is 14.1. The normalized spacial score (nSPS) is 13.2. The maximum atomic E-state index is 6.25. The third-order valence-corrected chi connectivity index (χ3v) is 3.55. The van der Waals surface area contributed by atoms with E-state index in [1.807, 2.05) is 19.1 Å². The van der Waals surface area contributed by atoms with Crippen LogP contribution in [0.1, 0.15) is 12.5 Å². The van der Waals surface area contributed by atoms with E-state index in [0.717, 1.165) is 36.8 Å². The zero-order chi connectivity index (χ0) is 16.5. The highest BCUT2D eigenvalue weighted by molar-refractivity contribution is 14.0. The molecule has 0 saturated carbocycles. The van der Waals surface area contributed by atoms with Gasteiger partial charge in [-0.3, -0.25) is 4.99 Å². The Morgan fingerprint density at radius 2 is 2.08 bits per heavy atom. The number of nitrogens with one attached hydrogen (secondary N) is 2. The van der Waals surface area contributed by atoms with Gasteiger partial charge in [0.1, 0.15) is 13.2 Å². The quantitative estimate of drug-likeness (QED) is 0.278. The molecule has 24 heavy (non-hydrogen) atoms. The molecule has 136 valence electrons. The van der Waals surface area contributed by atoms with Crippen LogP contribution in [0.25, 0.3) is 0 Å². The van der Waals surface area contributed by atoms with Gasteiger partial charge >= 0.3 is 0 Å². The Kier molecular flexibility index (Phi) is 10.2. The number of guanidine groups is 1. The Morgan fingerprint density at radius 3 is 2.83 bits per heavy atom. The van der Waals surface area contributed by atoms with E-state index in [1.165, 1.54) is 0 Å². The van der Waals surface area contributed by atoms with Crippen molar-refractivity contribution < 1.29 is 14.2 Å². The van der Waals surface area contributed by atoms with Crippen molar-refractivity contribution in [2.45, 2.75) is 13.3 Å². The Hall–Kier alpha value is -0.930. The van der Waals surface area contributed by atoms with Crippen molar-refractivity contribution in [1.29, 1.82) is 0 Å². The summed E-state index contributed by atoms with van der Waals surface area (Å²) in [6.07, 6.45) is 0.811. The molecular weight excluding hydrogens is 445 g/mol. The molecule has 0 spiro atoms. The fraction of sp³-hybridized carbons (Fsp3) is 0.562. The molecule has 0 saturated heterocycles. The van der Waals surface area contributed by atoms with Gasteiger partial charge in [0.15, 0.2) is 17.5 Å². The predicted molar refractivity (Wildman–Crippen MR) is 107 cm³/mol. The predicted octanol–water partition coefficient (Wildman–Crippen LogP) is 2.47. The number of aliphatic imine (C=N–C) groups is 1. The highest BCUT2D eigenvalue weighted by atomic mass is 127. The Bertz CT molecular complexity index is 544. The molecule has 0 unspecified atom stereocenters. The first-order valence-corrected chi connectivity index (χ1v) is 8.21. The van der Waals surface area contributed by atoms with Gasteiger partial charge in [-0.25, -0.2) is 0 Å². The summed E-state index contributed by atoms with van der Waals surface area (Å²) in [5.74, 6) is 2.15. The lowest BCUT2D eigenvalue weighted by Gasteiger charge is -2.20. The fourth-order valence-electron chi connectivity index (χ4n) is 2.22. The van der Waals surface area contributed by atoms with E-state index < -0.39 is 0 Å². The van der Waals surface area contributed by atoms with Gasteiger partial charge in [0.05, 0.1) is 18.2 Å². The third-order valence-electron chi connectivity index (χ3n) is 3.27. The van der Waals surface area contributed by atoms with E-state index in [0.29, 0.717) is 37.1 Å². The summed E-state index contributed by atoms with van der Waals surface area (Å²) in [6, 6.07) is 3.91. The van der Waals surface area contributed by atoms with Crippen molar-refractivity contribution in [3.05, 3.63) is 22.7 Å². The summed E-state index contributed by atoms with van der Waals surface area (Å²) in [5, 5.41) is 7.09. The van der Waals surface area contributed by atoms with Gasteiger partial charge in [-0.05, 0) is 31.0 Å². The van der Waals surface area contributed by atoms with Crippen molar-refractivity contribution in [3.8, 4) is 11.5 Å². The summed E-state index contributed by atoms with van der Waals surface area (Å²) >= 11 is 6.25. The van der Waals surface area contributed by atoms with Gasteiger partial charge in [0, 0.05) is 20.2 Å². The Labute approximate surface area is 165 Å². The van der Waals surface area contributed by atoms with E-state index in [-0.39, 0.29) is 24.0 Å². The van der Waals surface area contributed by atoms with E-state index >= 15 is 0 Å². The number of ether oxygens (including phenoxy) is 3. The summed E-state index contributed by atoms with van der Waals surface area (Å²) in [7, 11) is 1.67. The molecule has 0 aliphatic carbocycles. The second kappa shape index (κ2) is 11.6. The Balaban J connectivity index is 0.00000288. The number of halogens is 2. The van der Waals surface area contributed by atoms with Crippen molar-refractivity contribution in [1.82, 2.24) is 10.6 Å². The Morgan fingerprint density at radius 1 is 1.29 bits per heavy atom. The summed E-state index contributed by atoms with van der Waals surface area (Å²) in [6.45, 7) is 5.92. The molecule has 2 rings (SSSR count). The maximum Gasteiger partial charge on any atom is 0.191 e. The molecule has 2 N–H and O–H groups in total. The number of benzene rings is 1. The van der Waals surface area contributed by atoms with Gasteiger partial charge in [-0.1, -0.05) is 11.6 Å². The molecule has 1 aliphatic heterocycles. The number of methoxy groups -OCH3 is 1. The third kappa shape index (κ3) is 6.52. The topological polar surface area (TPSA) is 64.1 Å². The first-order valence-electron chi connectivity index (χ1n) is 7.83. The molecule has 6 nitrogen and oxygen atoms in total. The van der Waals surface area contributed by atoms with Gasteiger partial charge in [0.25, 0.3) is 0 Å². The lowest BCUT2D eigenvalue weighted by molar-refractivity contribution is 0.171. The minimum absolute atomic E-state index is 0. The van der Waals surface area contributed by atoms with Crippen LogP contribution in [0.2, 0.25) is 5.02 Å². The molecule has 0 bridgehead atoms. The van der Waals surface area contributed by atoms with Crippen molar-refractivity contribution >= 4 is 41.5 Å². The van der Waals surface area contributed by atoms with Gasteiger partial charge in [-0.15, -0.1) is 24.0 Å². The van der Waals surface area contributed by atoms with E-state index in [2.05, 4.69) is 15.6 Å². The average Bonchev–Trinajstić information content (AvgIpc) is 2.55. The second-order valence-corrected chi connectivity index (χ2v) is 5.44. The summed E-state index contributed by atoms with van der Waals surface area (Å²) in [4.78, 5) is 4.42. The lowest BCUT2D eigenvalue weighted by atomic mass is 10.1. The van der Waals surface area contributed by atoms with Crippen LogP contribution in [-0.2, 0) is 11.2 Å². The van der Waals surface area contributed by atoms with E-state index in [9.17, 15) is 0 Å². The molecular formula is C16H25ClIN3O3. The van der Waals surface area contributed by atoms with Crippen LogP contribution < -0.4 is 20.1 Å². The molecule has 0 radical (unpaired) electrons. The van der Waals surface area contributed by atoms with Crippen LogP contribution in [0.15, 0.2) is 17.1 Å². The van der Waals surface area contributed by atoms with Gasteiger partial charge in [0.2, 0.25) is 0 Å². The summed E-state index contributed by atoms with van der Waals surface area (Å²) in [5.41, 5.74) is 1.10. The van der Waals surface area contributed by atoms with Crippen LogP contribution in [0.4, 0.5) is 0 Å². The van der Waals surface area contributed by atoms with E-state index in [4.69, 9.17) is 25.8 Å². The van der Waals surface area contributed by atoms with Crippen molar-refractivity contribution in [2.75, 3.05) is 46.6 Å². The van der Waals surface area contributed by atoms with Crippen LogP contribution >= 0.6 is 35.6 Å². The molecule has 1 heterocycles. The average molecular weight is 470 g/mol. The first-order chi connectivity index (χ1) is 11.2. The smallest absolute Gasteiger partial charge is 0.191 e. The number of hydrogen-bond donors (Lipinski definition) is 2. The minimum Gasteiger partial charge on any atom is -0.486 e. The zero-order valence-corrected chi connectivity index (χ0v) is 17.1. The molecule has 0 aromatic heterocycles. The second-order valence-electron chi connectivity index (χ2n) is 5.03. The van der Waals surface area contributed by atoms with Crippen LogP contribution in [-0.4, -0.2) is 52.5 Å². The molecule has 1 aliphatic rings. The molecule has 1 aromatic rings. The molecule has 8 heteroatoms. The molecule has 0 atom stereocenters.